The van der Waals surface area contributed by atoms with Crippen molar-refractivity contribution in [2.24, 2.45) is 0 Å². The van der Waals surface area contributed by atoms with Gasteiger partial charge in [0.15, 0.2) is 11.4 Å². The molecule has 27 heavy (non-hydrogen) atoms. The van der Waals surface area contributed by atoms with Gasteiger partial charge in [-0.05, 0) is 24.3 Å². The number of benzene rings is 2. The van der Waals surface area contributed by atoms with Crippen molar-refractivity contribution in [3.05, 3.63) is 59.5 Å². The van der Waals surface area contributed by atoms with E-state index in [-0.39, 0.29) is 0 Å². The summed E-state index contributed by atoms with van der Waals surface area (Å²) >= 11 is 1.47. The van der Waals surface area contributed by atoms with E-state index >= 15 is 0 Å². The molecule has 0 spiro atoms. The number of piperazine rings is 1. The molecule has 0 N–H and O–H groups in total. The molecule has 2 aromatic carbocycles. The third-order valence-electron chi connectivity index (χ3n) is 4.78. The van der Waals surface area contributed by atoms with E-state index in [2.05, 4.69) is 21.9 Å². The van der Waals surface area contributed by atoms with Gasteiger partial charge in [-0.2, -0.15) is 0 Å². The highest BCUT2D eigenvalue weighted by molar-refractivity contribution is 7.17. The van der Waals surface area contributed by atoms with Gasteiger partial charge in [-0.15, -0.1) is 0 Å². The van der Waals surface area contributed by atoms with E-state index < -0.39 is 0 Å². The first-order valence-corrected chi connectivity index (χ1v) is 9.75. The molecule has 0 radical (unpaired) electrons. The number of carbonyl (C=O) groups is 1. The lowest BCUT2D eigenvalue weighted by atomic mass is 10.1. The fourth-order valence-corrected chi connectivity index (χ4v) is 4.24. The van der Waals surface area contributed by atoms with Crippen LogP contribution in [-0.2, 0) is 0 Å². The van der Waals surface area contributed by atoms with Crippen LogP contribution >= 0.6 is 11.3 Å². The smallest absolute Gasteiger partial charge is 0.186 e. The molecular formula is C21H21N3O2S. The minimum atomic E-state index is 0.689. The zero-order valence-corrected chi connectivity index (χ0v) is 16.0. The van der Waals surface area contributed by atoms with E-state index in [9.17, 15) is 4.79 Å². The summed E-state index contributed by atoms with van der Waals surface area (Å²) in [6.45, 7) is 3.60. The predicted octanol–water partition coefficient (Wildman–Crippen LogP) is 3.96. The number of methoxy groups -OCH3 is 1. The van der Waals surface area contributed by atoms with E-state index in [1.807, 2.05) is 42.5 Å². The Bertz CT molecular complexity index is 901. The van der Waals surface area contributed by atoms with Crippen LogP contribution in [0.5, 0.6) is 5.75 Å². The first-order chi connectivity index (χ1) is 13.3. The Balaban J connectivity index is 1.48. The van der Waals surface area contributed by atoms with Crippen LogP contribution in [0.15, 0.2) is 54.6 Å². The zero-order valence-electron chi connectivity index (χ0n) is 15.2. The van der Waals surface area contributed by atoms with E-state index in [0.717, 1.165) is 54.6 Å². The second-order valence-electron chi connectivity index (χ2n) is 6.37. The van der Waals surface area contributed by atoms with Gasteiger partial charge in [0.2, 0.25) is 0 Å². The lowest BCUT2D eigenvalue weighted by molar-refractivity contribution is 0.112. The van der Waals surface area contributed by atoms with Crippen molar-refractivity contribution in [3.8, 4) is 17.0 Å². The highest BCUT2D eigenvalue weighted by Gasteiger charge is 2.22. The van der Waals surface area contributed by atoms with Crippen molar-refractivity contribution in [1.82, 2.24) is 4.98 Å². The number of hydrogen-bond acceptors (Lipinski definition) is 6. The summed E-state index contributed by atoms with van der Waals surface area (Å²) in [6, 6.07) is 18.1. The molecule has 0 atom stereocenters. The largest absolute Gasteiger partial charge is 0.497 e. The average molecular weight is 379 g/mol. The molecule has 0 saturated carbocycles. The Kier molecular flexibility index (Phi) is 5.07. The van der Waals surface area contributed by atoms with E-state index in [1.54, 1.807) is 7.11 Å². The van der Waals surface area contributed by atoms with Crippen LogP contribution in [0.25, 0.3) is 11.3 Å². The normalized spacial score (nSPS) is 14.3. The lowest BCUT2D eigenvalue weighted by Crippen LogP contribution is -2.46. The molecule has 2 heterocycles. The van der Waals surface area contributed by atoms with Crippen LogP contribution in [0.4, 0.5) is 10.8 Å². The van der Waals surface area contributed by atoms with Crippen molar-refractivity contribution in [1.29, 1.82) is 0 Å². The molecule has 1 aliphatic heterocycles. The monoisotopic (exact) mass is 379 g/mol. The highest BCUT2D eigenvalue weighted by Crippen LogP contribution is 2.33. The first-order valence-electron chi connectivity index (χ1n) is 8.94. The van der Waals surface area contributed by atoms with Crippen molar-refractivity contribution in [2.45, 2.75) is 0 Å². The molecule has 1 fully saturated rings. The van der Waals surface area contributed by atoms with Crippen molar-refractivity contribution >= 4 is 28.4 Å². The van der Waals surface area contributed by atoms with Gasteiger partial charge in [0.05, 0.1) is 17.7 Å². The van der Waals surface area contributed by atoms with Gasteiger partial charge in [0.1, 0.15) is 5.75 Å². The Hall–Kier alpha value is -2.86. The second-order valence-corrected chi connectivity index (χ2v) is 7.37. The summed E-state index contributed by atoms with van der Waals surface area (Å²) in [6.07, 6.45) is 0.914. The van der Waals surface area contributed by atoms with Gasteiger partial charge < -0.3 is 14.5 Å². The van der Waals surface area contributed by atoms with E-state index in [0.29, 0.717) is 4.88 Å². The molecule has 4 rings (SSSR count). The fraction of sp³-hybridized carbons (Fsp3) is 0.238. The molecule has 0 bridgehead atoms. The molecule has 3 aromatic rings. The van der Waals surface area contributed by atoms with Crippen LogP contribution in [0.1, 0.15) is 9.67 Å². The minimum Gasteiger partial charge on any atom is -0.497 e. The average Bonchev–Trinajstić information content (AvgIpc) is 3.19. The highest BCUT2D eigenvalue weighted by atomic mass is 32.1. The van der Waals surface area contributed by atoms with E-state index in [1.165, 1.54) is 17.0 Å². The number of ether oxygens (including phenoxy) is 1. The maximum atomic E-state index is 11.5. The van der Waals surface area contributed by atoms with Crippen molar-refractivity contribution < 1.29 is 9.53 Å². The molecule has 0 unspecified atom stereocenters. The summed E-state index contributed by atoms with van der Waals surface area (Å²) in [5, 5.41) is 0.922. The van der Waals surface area contributed by atoms with Gasteiger partial charge in [-0.3, -0.25) is 4.79 Å². The Morgan fingerprint density at radius 3 is 2.26 bits per heavy atom. The molecule has 0 aliphatic carbocycles. The Labute approximate surface area is 162 Å². The van der Waals surface area contributed by atoms with Gasteiger partial charge in [-0.1, -0.05) is 41.7 Å². The minimum absolute atomic E-state index is 0.689. The molecule has 1 aromatic heterocycles. The predicted molar refractivity (Wildman–Crippen MR) is 110 cm³/mol. The number of rotatable bonds is 5. The third-order valence-corrected chi connectivity index (χ3v) is 5.83. The molecule has 1 aliphatic rings. The summed E-state index contributed by atoms with van der Waals surface area (Å²) in [7, 11) is 1.68. The number of thiazole rings is 1. The van der Waals surface area contributed by atoms with Crippen LogP contribution in [0.3, 0.4) is 0 Å². The van der Waals surface area contributed by atoms with Crippen molar-refractivity contribution in [2.75, 3.05) is 43.1 Å². The zero-order chi connectivity index (χ0) is 18.6. The number of hydrogen-bond donors (Lipinski definition) is 0. The SMILES string of the molecule is COc1ccc(N2CCN(c3nc(-c4ccccc4)c(C=O)s3)CC2)cc1. The number of aromatic nitrogens is 1. The molecule has 5 nitrogen and oxygen atoms in total. The van der Waals surface area contributed by atoms with Gasteiger partial charge in [0, 0.05) is 37.4 Å². The standard InChI is InChI=1S/C21H21N3O2S/c1-26-18-9-7-17(8-10-18)23-11-13-24(14-12-23)21-22-20(19(15-25)27-21)16-5-3-2-4-6-16/h2-10,15H,11-14H2,1H3. The number of aldehydes is 1. The van der Waals surface area contributed by atoms with Crippen LogP contribution < -0.4 is 14.5 Å². The molecule has 0 amide bonds. The maximum absolute atomic E-state index is 11.5. The topological polar surface area (TPSA) is 45.7 Å². The Morgan fingerprint density at radius 2 is 1.63 bits per heavy atom. The number of carbonyl (C=O) groups excluding carboxylic acids is 1. The molecule has 1 saturated heterocycles. The Morgan fingerprint density at radius 1 is 0.963 bits per heavy atom. The second kappa shape index (κ2) is 7.80. The number of anilines is 2. The lowest BCUT2D eigenvalue weighted by Gasteiger charge is -2.36. The third kappa shape index (κ3) is 3.66. The quantitative estimate of drug-likeness (QED) is 0.628. The van der Waals surface area contributed by atoms with Crippen LogP contribution in [-0.4, -0.2) is 44.6 Å². The maximum Gasteiger partial charge on any atom is 0.186 e. The summed E-state index contributed by atoms with van der Waals surface area (Å²) in [5.74, 6) is 0.870. The molecule has 138 valence electrons. The fourth-order valence-electron chi connectivity index (χ4n) is 3.29. The number of nitrogens with zero attached hydrogens (tertiary/aromatic N) is 3. The summed E-state index contributed by atoms with van der Waals surface area (Å²) in [4.78, 5) is 21.6. The first kappa shape index (κ1) is 17.5. The van der Waals surface area contributed by atoms with Gasteiger partial charge in [-0.25, -0.2) is 4.98 Å². The van der Waals surface area contributed by atoms with Crippen LogP contribution in [0, 0.1) is 0 Å². The van der Waals surface area contributed by atoms with Gasteiger partial charge >= 0.3 is 0 Å². The summed E-state index contributed by atoms with van der Waals surface area (Å²) in [5.41, 5.74) is 2.97. The molecular weight excluding hydrogens is 358 g/mol. The molecule has 6 heteroatoms. The summed E-state index contributed by atoms with van der Waals surface area (Å²) < 4.78 is 5.23. The van der Waals surface area contributed by atoms with Crippen LogP contribution in [0.2, 0.25) is 0 Å². The van der Waals surface area contributed by atoms with Crippen molar-refractivity contribution in [3.63, 3.8) is 0 Å². The van der Waals surface area contributed by atoms with E-state index in [4.69, 9.17) is 9.72 Å². The van der Waals surface area contributed by atoms with Gasteiger partial charge in [0.25, 0.3) is 0 Å².